The molecule has 1 heterocycles. The molecule has 0 radical (unpaired) electrons. The fourth-order valence-corrected chi connectivity index (χ4v) is 7.50. The van der Waals surface area contributed by atoms with Crippen LogP contribution in [0.5, 0.6) is 17.2 Å². The number of ether oxygens (including phenoxy) is 3. The van der Waals surface area contributed by atoms with E-state index in [4.69, 9.17) is 14.2 Å². The first-order valence-corrected chi connectivity index (χ1v) is 19.9. The molecule has 0 aromatic heterocycles. The number of carbonyl (C=O) groups is 2. The van der Waals surface area contributed by atoms with Crippen molar-refractivity contribution in [2.24, 2.45) is 0 Å². The SMILES string of the molecule is CCCCCCCCCCCCCCCC(=O)N[C@@H](CSCc1ccccc1)C(=O)N1CCN(Cc2ccc(OC)c(OC)c2OC)CC1. The number of unbranched alkanes of at least 4 members (excludes halogenated alkanes) is 12. The van der Waals surface area contributed by atoms with E-state index < -0.39 is 6.04 Å². The molecule has 0 spiro atoms. The lowest BCUT2D eigenvalue weighted by molar-refractivity contribution is -0.137. The summed E-state index contributed by atoms with van der Waals surface area (Å²) in [5, 5.41) is 3.13. The minimum absolute atomic E-state index is 0.0130. The van der Waals surface area contributed by atoms with Gasteiger partial charge in [-0.15, -0.1) is 0 Å². The summed E-state index contributed by atoms with van der Waals surface area (Å²) in [7, 11) is 4.87. The Bertz CT molecular complexity index is 1210. The quantitative estimate of drug-likeness (QED) is 0.105. The van der Waals surface area contributed by atoms with Crippen molar-refractivity contribution in [3.05, 3.63) is 53.6 Å². The molecule has 274 valence electrons. The van der Waals surface area contributed by atoms with Crippen LogP contribution in [-0.2, 0) is 21.9 Å². The van der Waals surface area contributed by atoms with E-state index in [0.717, 1.165) is 37.2 Å². The third-order valence-electron chi connectivity index (χ3n) is 9.40. The van der Waals surface area contributed by atoms with Crippen LogP contribution in [0.1, 0.15) is 108 Å². The molecule has 1 atom stereocenters. The molecule has 1 aliphatic rings. The first-order valence-electron chi connectivity index (χ1n) is 18.7. The van der Waals surface area contributed by atoms with Crippen molar-refractivity contribution in [1.82, 2.24) is 15.1 Å². The Morgan fingerprint density at radius 2 is 1.33 bits per heavy atom. The molecule has 2 amide bonds. The number of benzene rings is 2. The van der Waals surface area contributed by atoms with E-state index in [2.05, 4.69) is 29.3 Å². The molecule has 8 nitrogen and oxygen atoms in total. The minimum atomic E-state index is -0.527. The zero-order chi connectivity index (χ0) is 35.1. The van der Waals surface area contributed by atoms with Gasteiger partial charge in [-0.25, -0.2) is 0 Å². The molecule has 0 bridgehead atoms. The first-order chi connectivity index (χ1) is 24.0. The van der Waals surface area contributed by atoms with Gasteiger partial charge in [0.05, 0.1) is 21.3 Å². The molecular formula is C40H63N3O5S. The minimum Gasteiger partial charge on any atom is -0.493 e. The molecule has 0 saturated carbocycles. The first kappa shape index (κ1) is 40.5. The van der Waals surface area contributed by atoms with Gasteiger partial charge in [0.15, 0.2) is 11.5 Å². The summed E-state index contributed by atoms with van der Waals surface area (Å²) in [6.07, 6.45) is 17.1. The number of rotatable bonds is 25. The molecule has 1 saturated heterocycles. The average Bonchev–Trinajstić information content (AvgIpc) is 3.13. The highest BCUT2D eigenvalue weighted by Crippen LogP contribution is 2.40. The van der Waals surface area contributed by atoms with Gasteiger partial charge < -0.3 is 24.4 Å². The zero-order valence-corrected chi connectivity index (χ0v) is 31.6. The summed E-state index contributed by atoms with van der Waals surface area (Å²) >= 11 is 1.70. The Morgan fingerprint density at radius 1 is 0.735 bits per heavy atom. The third kappa shape index (κ3) is 14.8. The molecule has 1 N–H and O–H groups in total. The summed E-state index contributed by atoms with van der Waals surface area (Å²) in [5.41, 5.74) is 2.23. The van der Waals surface area contributed by atoms with Crippen molar-refractivity contribution in [2.75, 3.05) is 53.3 Å². The smallest absolute Gasteiger partial charge is 0.246 e. The highest BCUT2D eigenvalue weighted by atomic mass is 32.2. The Labute approximate surface area is 301 Å². The van der Waals surface area contributed by atoms with Crippen LogP contribution in [0.3, 0.4) is 0 Å². The van der Waals surface area contributed by atoms with Crippen LogP contribution >= 0.6 is 11.8 Å². The van der Waals surface area contributed by atoms with Gasteiger partial charge in [-0.05, 0) is 18.1 Å². The summed E-state index contributed by atoms with van der Waals surface area (Å²) in [6.45, 7) is 5.65. The van der Waals surface area contributed by atoms with Crippen LogP contribution in [0.2, 0.25) is 0 Å². The summed E-state index contributed by atoms with van der Waals surface area (Å²) in [5.74, 6) is 3.25. The number of piperazine rings is 1. The fourth-order valence-electron chi connectivity index (χ4n) is 6.49. The Kier molecular flexibility index (Phi) is 20.1. The van der Waals surface area contributed by atoms with Crippen molar-refractivity contribution in [2.45, 2.75) is 115 Å². The molecule has 2 aromatic carbocycles. The van der Waals surface area contributed by atoms with Gasteiger partial charge in [0.2, 0.25) is 17.6 Å². The van der Waals surface area contributed by atoms with Gasteiger partial charge in [-0.2, -0.15) is 11.8 Å². The monoisotopic (exact) mass is 697 g/mol. The van der Waals surface area contributed by atoms with Gasteiger partial charge in [0.25, 0.3) is 0 Å². The van der Waals surface area contributed by atoms with Crippen LogP contribution in [0, 0.1) is 0 Å². The van der Waals surface area contributed by atoms with E-state index in [1.165, 1.54) is 76.2 Å². The highest BCUT2D eigenvalue weighted by molar-refractivity contribution is 7.98. The molecule has 0 unspecified atom stereocenters. The number of thioether (sulfide) groups is 1. The highest BCUT2D eigenvalue weighted by Gasteiger charge is 2.29. The lowest BCUT2D eigenvalue weighted by Crippen LogP contribution is -2.55. The van der Waals surface area contributed by atoms with E-state index in [1.807, 2.05) is 35.2 Å². The predicted molar refractivity (Wildman–Crippen MR) is 203 cm³/mol. The second-order valence-electron chi connectivity index (χ2n) is 13.2. The number of methoxy groups -OCH3 is 3. The molecular weight excluding hydrogens is 635 g/mol. The van der Waals surface area contributed by atoms with Gasteiger partial charge >= 0.3 is 0 Å². The zero-order valence-electron chi connectivity index (χ0n) is 30.8. The Balaban J connectivity index is 1.43. The van der Waals surface area contributed by atoms with Crippen molar-refractivity contribution >= 4 is 23.6 Å². The number of hydrogen-bond acceptors (Lipinski definition) is 7. The van der Waals surface area contributed by atoms with Gasteiger partial charge in [0, 0.05) is 56.2 Å². The van der Waals surface area contributed by atoms with Crippen LogP contribution < -0.4 is 19.5 Å². The molecule has 9 heteroatoms. The number of carbonyl (C=O) groups excluding carboxylic acids is 2. The molecule has 1 aliphatic heterocycles. The van der Waals surface area contributed by atoms with Crippen LogP contribution in [0.15, 0.2) is 42.5 Å². The molecule has 0 aliphatic carbocycles. The maximum absolute atomic E-state index is 13.8. The van der Waals surface area contributed by atoms with Crippen molar-refractivity contribution in [3.63, 3.8) is 0 Å². The number of nitrogens with one attached hydrogen (secondary N) is 1. The largest absolute Gasteiger partial charge is 0.493 e. The number of hydrogen-bond donors (Lipinski definition) is 1. The third-order valence-corrected chi connectivity index (χ3v) is 10.5. The van der Waals surface area contributed by atoms with Gasteiger partial charge in [-0.3, -0.25) is 14.5 Å². The maximum atomic E-state index is 13.8. The molecule has 49 heavy (non-hydrogen) atoms. The molecule has 2 aromatic rings. The summed E-state index contributed by atoms with van der Waals surface area (Å²) < 4.78 is 16.7. The van der Waals surface area contributed by atoms with Crippen molar-refractivity contribution in [1.29, 1.82) is 0 Å². The molecule has 3 rings (SSSR count). The van der Waals surface area contributed by atoms with Crippen LogP contribution in [0.4, 0.5) is 0 Å². The topological polar surface area (TPSA) is 80.3 Å². The lowest BCUT2D eigenvalue weighted by atomic mass is 10.0. The van der Waals surface area contributed by atoms with Gasteiger partial charge in [-0.1, -0.05) is 120 Å². The predicted octanol–water partition coefficient (Wildman–Crippen LogP) is 8.26. The van der Waals surface area contributed by atoms with Crippen LogP contribution in [-0.4, -0.2) is 80.9 Å². The van der Waals surface area contributed by atoms with Crippen LogP contribution in [0.25, 0.3) is 0 Å². The molecule has 1 fully saturated rings. The van der Waals surface area contributed by atoms with E-state index >= 15 is 0 Å². The number of amides is 2. The fraction of sp³-hybridized carbons (Fsp3) is 0.650. The number of nitrogens with zero attached hydrogens (tertiary/aromatic N) is 2. The standard InChI is InChI=1S/C40H63N3O5S/c1-5-6-7-8-9-10-11-12-13-14-15-16-20-23-37(44)41-35(32-49-31-33-21-18-17-19-22-33)40(45)43-28-26-42(27-29-43)30-34-24-25-36(46-2)39(48-4)38(34)47-3/h17-19,21-22,24-25,35H,5-16,20,23,26-32H2,1-4H3,(H,41,44)/t35-/m0/s1. The van der Waals surface area contributed by atoms with E-state index in [-0.39, 0.29) is 11.8 Å². The summed E-state index contributed by atoms with van der Waals surface area (Å²) in [4.78, 5) is 31.1. The summed E-state index contributed by atoms with van der Waals surface area (Å²) in [6, 6.07) is 13.7. The van der Waals surface area contributed by atoms with Crippen molar-refractivity contribution < 1.29 is 23.8 Å². The lowest BCUT2D eigenvalue weighted by Gasteiger charge is -2.36. The van der Waals surface area contributed by atoms with E-state index in [1.54, 1.807) is 33.1 Å². The van der Waals surface area contributed by atoms with Crippen molar-refractivity contribution in [3.8, 4) is 17.2 Å². The van der Waals surface area contributed by atoms with Gasteiger partial charge in [0.1, 0.15) is 6.04 Å². The normalized spacial score (nSPS) is 14.0. The Hall–Kier alpha value is -2.91. The van der Waals surface area contributed by atoms with E-state index in [9.17, 15) is 9.59 Å². The second-order valence-corrected chi connectivity index (χ2v) is 14.2. The average molecular weight is 698 g/mol. The second kappa shape index (κ2) is 24.3. The Morgan fingerprint density at radius 3 is 1.90 bits per heavy atom. The van der Waals surface area contributed by atoms with E-state index in [0.29, 0.717) is 49.1 Å². The maximum Gasteiger partial charge on any atom is 0.246 e.